The van der Waals surface area contributed by atoms with Gasteiger partial charge in [-0.25, -0.2) is 0 Å². The fourth-order valence-corrected chi connectivity index (χ4v) is 1.61. The maximum absolute atomic E-state index is 6.94. The minimum Gasteiger partial charge on any atom is -0.673 e. The Morgan fingerprint density at radius 1 is 1.16 bits per heavy atom. The quantitative estimate of drug-likeness (QED) is 0.375. The summed E-state index contributed by atoms with van der Waals surface area (Å²) in [5, 5.41) is 2.59. The van der Waals surface area contributed by atoms with E-state index in [2.05, 4.69) is 59.4 Å². The molecule has 0 aliphatic rings. The molecule has 102 valence electrons. The number of rotatable bonds is 0. The van der Waals surface area contributed by atoms with Crippen molar-refractivity contribution in [2.75, 3.05) is 0 Å². The van der Waals surface area contributed by atoms with Gasteiger partial charge in [0.15, 0.2) is 0 Å². The number of hydrogen-bond acceptors (Lipinski definition) is 0. The first kappa shape index (κ1) is 21.7. The number of hydrogen-bond donors (Lipinski definition) is 0. The minimum absolute atomic E-state index is 0. The Labute approximate surface area is 147 Å². The van der Waals surface area contributed by atoms with E-state index >= 15 is 0 Å². The summed E-state index contributed by atoms with van der Waals surface area (Å²) in [6, 6.07) is 12.5. The number of nitrogens with one attached hydrogen (secondary N) is 1. The van der Waals surface area contributed by atoms with Crippen molar-refractivity contribution in [1.82, 2.24) is 0 Å². The fourth-order valence-electron chi connectivity index (χ4n) is 1.11. The minimum atomic E-state index is -0.250. The van der Waals surface area contributed by atoms with E-state index in [0.717, 1.165) is 9.52 Å². The van der Waals surface area contributed by atoms with Crippen molar-refractivity contribution >= 4 is 36.2 Å². The molecule has 2 rings (SSSR count). The molecule has 0 bridgehead atoms. The molecule has 1 nitrogen and oxygen atoms in total. The van der Waals surface area contributed by atoms with Crippen LogP contribution in [0, 0.1) is 0 Å². The van der Waals surface area contributed by atoms with Gasteiger partial charge in [-0.1, -0.05) is 44.4 Å². The molecule has 0 unspecified atom stereocenters. The van der Waals surface area contributed by atoms with Gasteiger partial charge in [0.25, 0.3) is 0 Å². The first-order valence-electron chi connectivity index (χ1n) is 5.93. The molecule has 2 aromatic carbocycles. The molecule has 0 saturated heterocycles. The third-order valence-corrected chi connectivity index (χ3v) is 2.32. The van der Waals surface area contributed by atoms with Gasteiger partial charge in [0.05, 0.1) is 0 Å². The van der Waals surface area contributed by atoms with Gasteiger partial charge >= 0.3 is 26.2 Å². The van der Waals surface area contributed by atoms with Gasteiger partial charge in [-0.2, -0.15) is 0 Å². The standard InChI is InChI=1S/C9H6Br.C4H10N.C2H6Si.Zr/c10-9-6-5-7-3-1-2-4-8(7)9;1-4(2,3)5;1-3-2;/h1-6H;5H,1-3H3;1-2H3;/q2*-1;;+2. The molecule has 0 atom stereocenters. The summed E-state index contributed by atoms with van der Waals surface area (Å²) in [4.78, 5) is 0. The summed E-state index contributed by atoms with van der Waals surface area (Å²) in [5.74, 6) is 0. The Morgan fingerprint density at radius 3 is 2.00 bits per heavy atom. The van der Waals surface area contributed by atoms with Crippen LogP contribution < -0.4 is 0 Å². The van der Waals surface area contributed by atoms with Gasteiger partial charge in [0, 0.05) is 9.52 Å². The molecule has 0 spiro atoms. The van der Waals surface area contributed by atoms with Crippen molar-refractivity contribution < 1.29 is 26.2 Å². The zero-order valence-corrected chi connectivity index (χ0v) is 17.4. The average Bonchev–Trinajstić information content (AvgIpc) is 2.60. The monoisotopic (exact) mass is 413 g/mol. The molecule has 2 radical (unpaired) electrons. The zero-order chi connectivity index (χ0) is 14.2. The van der Waals surface area contributed by atoms with E-state index < -0.39 is 0 Å². The van der Waals surface area contributed by atoms with E-state index in [9.17, 15) is 0 Å². The first-order chi connectivity index (χ1) is 8.29. The predicted octanol–water partition coefficient (Wildman–Crippen LogP) is 5.94. The Bertz CT molecular complexity index is 443. The van der Waals surface area contributed by atoms with Crippen molar-refractivity contribution in [3.63, 3.8) is 0 Å². The van der Waals surface area contributed by atoms with Crippen molar-refractivity contribution in [1.29, 1.82) is 0 Å². The summed E-state index contributed by atoms with van der Waals surface area (Å²) in [6.07, 6.45) is 0. The van der Waals surface area contributed by atoms with Gasteiger partial charge < -0.3 is 5.73 Å². The average molecular weight is 416 g/mol. The second-order valence-corrected chi connectivity index (χ2v) is 6.87. The summed E-state index contributed by atoms with van der Waals surface area (Å²) < 4.78 is 1.18. The normalized spacial score (nSPS) is 9.63. The van der Waals surface area contributed by atoms with Crippen LogP contribution in [0.4, 0.5) is 0 Å². The van der Waals surface area contributed by atoms with Crippen LogP contribution in [0.25, 0.3) is 16.5 Å². The van der Waals surface area contributed by atoms with Crippen LogP contribution in [-0.2, 0) is 26.2 Å². The Morgan fingerprint density at radius 2 is 1.58 bits per heavy atom. The van der Waals surface area contributed by atoms with Gasteiger partial charge in [0.1, 0.15) is 0 Å². The molecule has 1 N–H and O–H groups in total. The van der Waals surface area contributed by atoms with Gasteiger partial charge in [-0.05, 0) is 0 Å². The fraction of sp³-hybridized carbons (Fsp3) is 0.400. The molecule has 4 heteroatoms. The molecule has 0 amide bonds. The van der Waals surface area contributed by atoms with E-state index in [1.807, 2.05) is 26.8 Å². The molecule has 19 heavy (non-hydrogen) atoms. The van der Waals surface area contributed by atoms with E-state index in [-0.39, 0.29) is 31.7 Å². The molecule has 0 heterocycles. The summed E-state index contributed by atoms with van der Waals surface area (Å²) in [6.45, 7) is 9.87. The van der Waals surface area contributed by atoms with E-state index in [0.29, 0.717) is 0 Å². The van der Waals surface area contributed by atoms with Gasteiger partial charge in [-0.3, -0.25) is 0 Å². The zero-order valence-electron chi connectivity index (χ0n) is 12.3. The van der Waals surface area contributed by atoms with Gasteiger partial charge in [-0.15, -0.1) is 62.6 Å². The summed E-state index contributed by atoms with van der Waals surface area (Å²) in [5.41, 5.74) is 6.69. The van der Waals surface area contributed by atoms with Crippen LogP contribution in [0.3, 0.4) is 0 Å². The van der Waals surface area contributed by atoms with Crippen molar-refractivity contribution in [2.24, 2.45) is 0 Å². The van der Waals surface area contributed by atoms with Crippen LogP contribution in [-0.4, -0.2) is 15.1 Å². The number of benzene rings is 1. The molecular formula is C15H22BrNSiZr. The second-order valence-electron chi connectivity index (χ2n) is 5.02. The third kappa shape index (κ3) is 11.9. The SMILES string of the molecule is Brc1c[cH-]c2ccccc12.CC(C)(C)[NH-].C[Si]C.[Zr+2]. The molecular weight excluding hydrogens is 393 g/mol. The van der Waals surface area contributed by atoms with E-state index in [1.54, 1.807) is 0 Å². The van der Waals surface area contributed by atoms with Crippen molar-refractivity contribution in [2.45, 2.75) is 39.4 Å². The van der Waals surface area contributed by atoms with Crippen LogP contribution in [0.5, 0.6) is 0 Å². The number of halogens is 1. The van der Waals surface area contributed by atoms with Crippen LogP contribution in [0.15, 0.2) is 40.9 Å². The van der Waals surface area contributed by atoms with Crippen molar-refractivity contribution in [3.05, 3.63) is 46.6 Å². The summed E-state index contributed by atoms with van der Waals surface area (Å²) >= 11 is 3.47. The topological polar surface area (TPSA) is 23.8 Å². The third-order valence-electron chi connectivity index (χ3n) is 1.63. The smallest absolute Gasteiger partial charge is 0.673 e. The first-order valence-corrected chi connectivity index (χ1v) is 8.72. The molecule has 0 aromatic heterocycles. The molecule has 0 fully saturated rings. The van der Waals surface area contributed by atoms with E-state index in [4.69, 9.17) is 5.73 Å². The van der Waals surface area contributed by atoms with Crippen molar-refractivity contribution in [3.8, 4) is 0 Å². The van der Waals surface area contributed by atoms with Crippen LogP contribution in [0.1, 0.15) is 20.8 Å². The Kier molecular flexibility index (Phi) is 12.6. The van der Waals surface area contributed by atoms with Crippen LogP contribution >= 0.6 is 15.9 Å². The molecule has 0 aliphatic carbocycles. The summed E-state index contributed by atoms with van der Waals surface area (Å²) in [7, 11) is 1.08. The van der Waals surface area contributed by atoms with Crippen LogP contribution in [0.2, 0.25) is 13.1 Å². The maximum Gasteiger partial charge on any atom is 2.00 e. The molecule has 2 aromatic rings. The Hall–Kier alpha value is 0.370. The van der Waals surface area contributed by atoms with E-state index in [1.165, 1.54) is 15.2 Å². The second kappa shape index (κ2) is 11.1. The molecule has 0 aliphatic heterocycles. The molecule has 0 saturated carbocycles. The maximum atomic E-state index is 6.94. The predicted molar refractivity (Wildman–Crippen MR) is 88.8 cm³/mol. The Balaban J connectivity index is 0. The van der Waals surface area contributed by atoms with Gasteiger partial charge in [0.2, 0.25) is 0 Å². The largest absolute Gasteiger partial charge is 2.00 e. The number of fused-ring (bicyclic) bond motifs is 1.